The van der Waals surface area contributed by atoms with Gasteiger partial charge in [0.25, 0.3) is 0 Å². The average molecular weight is 265 g/mol. The second-order valence-corrected chi connectivity index (χ2v) is 5.85. The van der Waals surface area contributed by atoms with E-state index in [0.29, 0.717) is 11.6 Å². The van der Waals surface area contributed by atoms with Gasteiger partial charge in [0, 0.05) is 11.4 Å². The lowest BCUT2D eigenvalue weighted by molar-refractivity contribution is 0.134. The summed E-state index contributed by atoms with van der Waals surface area (Å²) in [6.07, 6.45) is 4.47. The summed E-state index contributed by atoms with van der Waals surface area (Å²) in [5.41, 5.74) is 8.83. The van der Waals surface area contributed by atoms with Crippen LogP contribution < -0.4 is 5.73 Å². The molecule has 0 aliphatic heterocycles. The molecule has 1 aliphatic rings. The summed E-state index contributed by atoms with van der Waals surface area (Å²) in [4.78, 5) is 4.54. The molecule has 1 saturated carbocycles. The standard InChI is InChI=1S/C14H17ClN2O/c1-9-5-10(15)6-11-13(9)18-12(17-11)7-14(8-16)3-2-4-14/h5-6H,2-4,7-8,16H2,1H3. The Kier molecular flexibility index (Phi) is 2.83. The number of aromatic nitrogens is 1. The molecule has 0 saturated heterocycles. The first kappa shape index (κ1) is 12.0. The molecule has 0 radical (unpaired) electrons. The fourth-order valence-electron chi connectivity index (χ4n) is 2.73. The molecule has 4 heteroatoms. The molecule has 96 valence electrons. The summed E-state index contributed by atoms with van der Waals surface area (Å²) in [5, 5.41) is 0.706. The Hall–Kier alpha value is -1.06. The number of fused-ring (bicyclic) bond motifs is 1. The van der Waals surface area contributed by atoms with E-state index in [9.17, 15) is 0 Å². The zero-order valence-electron chi connectivity index (χ0n) is 10.5. The van der Waals surface area contributed by atoms with Crippen LogP contribution in [0.3, 0.4) is 0 Å². The van der Waals surface area contributed by atoms with Crippen LogP contribution in [-0.2, 0) is 6.42 Å². The van der Waals surface area contributed by atoms with Gasteiger partial charge in [0.1, 0.15) is 5.52 Å². The summed E-state index contributed by atoms with van der Waals surface area (Å²) in [6.45, 7) is 2.71. The second kappa shape index (κ2) is 4.25. The molecule has 0 spiro atoms. The Morgan fingerprint density at radius 1 is 1.44 bits per heavy atom. The van der Waals surface area contributed by atoms with Gasteiger partial charge < -0.3 is 10.2 Å². The highest BCUT2D eigenvalue weighted by molar-refractivity contribution is 6.31. The molecular weight excluding hydrogens is 248 g/mol. The van der Waals surface area contributed by atoms with Gasteiger partial charge in [0.15, 0.2) is 11.5 Å². The number of rotatable bonds is 3. The zero-order chi connectivity index (χ0) is 12.8. The smallest absolute Gasteiger partial charge is 0.196 e. The molecule has 1 aromatic heterocycles. The van der Waals surface area contributed by atoms with E-state index in [1.807, 2.05) is 19.1 Å². The molecule has 3 rings (SSSR count). The third kappa shape index (κ3) is 1.91. The van der Waals surface area contributed by atoms with Gasteiger partial charge in [-0.15, -0.1) is 0 Å². The topological polar surface area (TPSA) is 52.0 Å². The lowest BCUT2D eigenvalue weighted by Crippen LogP contribution is -2.39. The molecule has 0 atom stereocenters. The number of oxazole rings is 1. The summed E-state index contributed by atoms with van der Waals surface area (Å²) >= 11 is 6.03. The molecular formula is C14H17ClN2O. The van der Waals surface area contributed by atoms with E-state index in [2.05, 4.69) is 4.98 Å². The van der Waals surface area contributed by atoms with Gasteiger partial charge in [-0.25, -0.2) is 4.98 Å². The van der Waals surface area contributed by atoms with Crippen molar-refractivity contribution < 1.29 is 4.42 Å². The first-order chi connectivity index (χ1) is 8.62. The van der Waals surface area contributed by atoms with E-state index in [4.69, 9.17) is 21.8 Å². The number of halogens is 1. The van der Waals surface area contributed by atoms with Crippen LogP contribution in [0.4, 0.5) is 0 Å². The lowest BCUT2D eigenvalue weighted by Gasteiger charge is -2.39. The molecule has 1 aromatic carbocycles. The lowest BCUT2D eigenvalue weighted by atomic mass is 9.67. The van der Waals surface area contributed by atoms with Crippen molar-refractivity contribution in [3.63, 3.8) is 0 Å². The van der Waals surface area contributed by atoms with Crippen molar-refractivity contribution in [2.24, 2.45) is 11.1 Å². The van der Waals surface area contributed by atoms with Crippen LogP contribution in [0.15, 0.2) is 16.5 Å². The Labute approximate surface area is 111 Å². The molecule has 1 fully saturated rings. The van der Waals surface area contributed by atoms with Crippen molar-refractivity contribution in [3.05, 3.63) is 28.6 Å². The molecule has 0 unspecified atom stereocenters. The maximum Gasteiger partial charge on any atom is 0.196 e. The maximum atomic E-state index is 6.03. The minimum atomic E-state index is 0.221. The molecule has 1 aliphatic carbocycles. The van der Waals surface area contributed by atoms with Crippen LogP contribution in [0.5, 0.6) is 0 Å². The van der Waals surface area contributed by atoms with Crippen LogP contribution in [0.2, 0.25) is 5.02 Å². The molecule has 0 amide bonds. The summed E-state index contributed by atoms with van der Waals surface area (Å²) in [5.74, 6) is 0.792. The van der Waals surface area contributed by atoms with Crippen LogP contribution in [0.1, 0.15) is 30.7 Å². The first-order valence-electron chi connectivity index (χ1n) is 6.38. The summed E-state index contributed by atoms with van der Waals surface area (Å²) in [6, 6.07) is 3.76. The van der Waals surface area contributed by atoms with Gasteiger partial charge in [-0.1, -0.05) is 18.0 Å². The van der Waals surface area contributed by atoms with E-state index in [1.54, 1.807) is 0 Å². The molecule has 3 nitrogen and oxygen atoms in total. The van der Waals surface area contributed by atoms with Crippen LogP contribution >= 0.6 is 11.6 Å². The van der Waals surface area contributed by atoms with Crippen molar-refractivity contribution in [3.8, 4) is 0 Å². The van der Waals surface area contributed by atoms with Crippen molar-refractivity contribution in [2.75, 3.05) is 6.54 Å². The molecule has 2 aromatic rings. The molecule has 18 heavy (non-hydrogen) atoms. The quantitative estimate of drug-likeness (QED) is 0.924. The van der Waals surface area contributed by atoms with Crippen molar-refractivity contribution in [1.29, 1.82) is 0 Å². The third-order valence-electron chi connectivity index (χ3n) is 4.06. The minimum absolute atomic E-state index is 0.221. The third-order valence-corrected chi connectivity index (χ3v) is 4.28. The van der Waals surface area contributed by atoms with E-state index >= 15 is 0 Å². The Morgan fingerprint density at radius 3 is 2.83 bits per heavy atom. The predicted octanol–water partition coefficient (Wildman–Crippen LogP) is 3.46. The number of aryl methyl sites for hydroxylation is 1. The summed E-state index contributed by atoms with van der Waals surface area (Å²) < 4.78 is 5.86. The van der Waals surface area contributed by atoms with Gasteiger partial charge in [0.05, 0.1) is 0 Å². The van der Waals surface area contributed by atoms with Gasteiger partial charge >= 0.3 is 0 Å². The van der Waals surface area contributed by atoms with Crippen molar-refractivity contribution in [2.45, 2.75) is 32.6 Å². The minimum Gasteiger partial charge on any atom is -0.440 e. The summed E-state index contributed by atoms with van der Waals surface area (Å²) in [7, 11) is 0. The number of nitrogens with two attached hydrogens (primary N) is 1. The predicted molar refractivity (Wildman–Crippen MR) is 72.8 cm³/mol. The van der Waals surface area contributed by atoms with E-state index in [0.717, 1.165) is 29.0 Å². The number of hydrogen-bond donors (Lipinski definition) is 1. The monoisotopic (exact) mass is 264 g/mol. The van der Waals surface area contributed by atoms with Crippen molar-refractivity contribution >= 4 is 22.7 Å². The highest BCUT2D eigenvalue weighted by Gasteiger charge is 2.37. The van der Waals surface area contributed by atoms with Gasteiger partial charge in [-0.2, -0.15) is 0 Å². The van der Waals surface area contributed by atoms with Crippen molar-refractivity contribution in [1.82, 2.24) is 4.98 Å². The highest BCUT2D eigenvalue weighted by Crippen LogP contribution is 2.43. The van der Waals surface area contributed by atoms with Crippen LogP contribution in [0.25, 0.3) is 11.1 Å². The molecule has 2 N–H and O–H groups in total. The second-order valence-electron chi connectivity index (χ2n) is 5.41. The fourth-order valence-corrected chi connectivity index (χ4v) is 3.00. The first-order valence-corrected chi connectivity index (χ1v) is 6.75. The zero-order valence-corrected chi connectivity index (χ0v) is 11.3. The Balaban J connectivity index is 1.96. The fraction of sp³-hybridized carbons (Fsp3) is 0.500. The van der Waals surface area contributed by atoms with Crippen LogP contribution in [0, 0.1) is 12.3 Å². The van der Waals surface area contributed by atoms with Gasteiger partial charge in [0.2, 0.25) is 0 Å². The van der Waals surface area contributed by atoms with Crippen LogP contribution in [-0.4, -0.2) is 11.5 Å². The average Bonchev–Trinajstić information content (AvgIpc) is 2.66. The SMILES string of the molecule is Cc1cc(Cl)cc2nc(CC3(CN)CCC3)oc12. The maximum absolute atomic E-state index is 6.03. The number of nitrogens with zero attached hydrogens (tertiary/aromatic N) is 1. The van der Waals surface area contributed by atoms with E-state index < -0.39 is 0 Å². The van der Waals surface area contributed by atoms with E-state index in [1.165, 1.54) is 19.3 Å². The van der Waals surface area contributed by atoms with Gasteiger partial charge in [-0.3, -0.25) is 0 Å². The molecule has 1 heterocycles. The normalized spacial score (nSPS) is 17.9. The number of hydrogen-bond acceptors (Lipinski definition) is 3. The highest BCUT2D eigenvalue weighted by atomic mass is 35.5. The largest absolute Gasteiger partial charge is 0.440 e. The Morgan fingerprint density at radius 2 is 2.22 bits per heavy atom. The Bertz CT molecular complexity index is 581. The number of benzene rings is 1. The van der Waals surface area contributed by atoms with E-state index in [-0.39, 0.29) is 5.41 Å². The van der Waals surface area contributed by atoms with Gasteiger partial charge in [-0.05, 0) is 49.4 Å². The molecule has 0 bridgehead atoms.